The Kier molecular flexibility index (Phi) is 6.38. The summed E-state index contributed by atoms with van der Waals surface area (Å²) in [6.07, 6.45) is 2.24. The molecule has 0 radical (unpaired) electrons. The van der Waals surface area contributed by atoms with E-state index in [4.69, 9.17) is 21.7 Å². The Morgan fingerprint density at radius 1 is 1.40 bits per heavy atom. The number of hydrogen-bond donors (Lipinski definition) is 1. The van der Waals surface area contributed by atoms with Crippen molar-refractivity contribution < 1.29 is 19.2 Å². The summed E-state index contributed by atoms with van der Waals surface area (Å²) < 4.78 is 11.2. The van der Waals surface area contributed by atoms with Gasteiger partial charge in [-0.25, -0.2) is 0 Å². The van der Waals surface area contributed by atoms with Crippen LogP contribution in [0.5, 0.6) is 11.5 Å². The van der Waals surface area contributed by atoms with Crippen LogP contribution in [0.15, 0.2) is 17.0 Å². The van der Waals surface area contributed by atoms with E-state index in [1.807, 2.05) is 0 Å². The lowest BCUT2D eigenvalue weighted by atomic mass is 10.1. The largest absolute Gasteiger partial charge is 0.493 e. The topological polar surface area (TPSA) is 90.7 Å². The van der Waals surface area contributed by atoms with Gasteiger partial charge in [-0.05, 0) is 24.5 Å². The Morgan fingerprint density at radius 2 is 2.12 bits per heavy atom. The number of ether oxygens (including phenoxy) is 2. The number of thiocarbonyl (C=S) groups is 1. The summed E-state index contributed by atoms with van der Waals surface area (Å²) in [6.45, 7) is 4.55. The number of nitro benzene ring substituents is 1. The number of nitrogens with one attached hydrogen (secondary N) is 1. The van der Waals surface area contributed by atoms with Crippen molar-refractivity contribution in [2.75, 3.05) is 13.7 Å². The van der Waals surface area contributed by atoms with Gasteiger partial charge in [0.05, 0.1) is 35.2 Å². The quantitative estimate of drug-likeness (QED) is 0.334. The molecule has 1 aromatic rings. The zero-order chi connectivity index (χ0) is 18.6. The first-order chi connectivity index (χ1) is 11.8. The van der Waals surface area contributed by atoms with Crippen LogP contribution >= 0.6 is 24.0 Å². The molecule has 0 atom stereocenters. The van der Waals surface area contributed by atoms with Crippen LogP contribution in [0.3, 0.4) is 0 Å². The Balaban J connectivity index is 2.39. The van der Waals surface area contributed by atoms with Gasteiger partial charge in [0.1, 0.15) is 4.32 Å². The summed E-state index contributed by atoms with van der Waals surface area (Å²) in [6, 6.07) is 2.81. The van der Waals surface area contributed by atoms with Gasteiger partial charge >= 0.3 is 0 Å². The van der Waals surface area contributed by atoms with Crippen molar-refractivity contribution in [1.82, 2.24) is 5.32 Å². The molecule has 1 N–H and O–H groups in total. The first-order valence-electron chi connectivity index (χ1n) is 7.56. The lowest BCUT2D eigenvalue weighted by Crippen LogP contribution is -2.17. The van der Waals surface area contributed by atoms with Crippen LogP contribution < -0.4 is 14.8 Å². The van der Waals surface area contributed by atoms with Gasteiger partial charge in [0, 0.05) is 0 Å². The molecule has 0 aliphatic carbocycles. The highest BCUT2D eigenvalue weighted by Gasteiger charge is 2.25. The molecule has 1 aliphatic heterocycles. The summed E-state index contributed by atoms with van der Waals surface area (Å²) in [5.41, 5.74) is 0.0828. The fraction of sp³-hybridized carbons (Fsp3) is 0.375. The number of nitrogens with zero attached hydrogens (tertiary/aromatic N) is 1. The Hall–Kier alpha value is -2.13. The average Bonchev–Trinajstić information content (AvgIpc) is 2.85. The maximum atomic E-state index is 11.8. The fourth-order valence-electron chi connectivity index (χ4n) is 2.08. The van der Waals surface area contributed by atoms with Crippen LogP contribution in [0.1, 0.15) is 25.8 Å². The number of benzene rings is 1. The molecule has 0 bridgehead atoms. The zero-order valence-corrected chi connectivity index (χ0v) is 15.7. The number of rotatable bonds is 7. The Bertz CT molecular complexity index is 746. The van der Waals surface area contributed by atoms with Crippen LogP contribution in [-0.2, 0) is 4.79 Å². The lowest BCUT2D eigenvalue weighted by molar-refractivity contribution is -0.385. The smallest absolute Gasteiger partial charge is 0.280 e. The summed E-state index contributed by atoms with van der Waals surface area (Å²) in [5, 5.41) is 13.9. The van der Waals surface area contributed by atoms with Crippen LogP contribution in [-0.4, -0.2) is 28.9 Å². The molecule has 7 nitrogen and oxygen atoms in total. The minimum absolute atomic E-state index is 0.168. The third kappa shape index (κ3) is 4.93. The van der Waals surface area contributed by atoms with Crippen molar-refractivity contribution in [3.05, 3.63) is 32.7 Å². The highest BCUT2D eigenvalue weighted by Crippen LogP contribution is 2.37. The van der Waals surface area contributed by atoms with Gasteiger partial charge in [0.25, 0.3) is 11.6 Å². The molecule has 0 unspecified atom stereocenters. The van der Waals surface area contributed by atoms with Crippen LogP contribution in [0.4, 0.5) is 5.69 Å². The van der Waals surface area contributed by atoms with Crippen molar-refractivity contribution in [2.45, 2.75) is 20.3 Å². The molecule has 2 rings (SSSR count). The second-order valence-electron chi connectivity index (χ2n) is 5.70. The van der Waals surface area contributed by atoms with Gasteiger partial charge in [0.2, 0.25) is 0 Å². The highest BCUT2D eigenvalue weighted by molar-refractivity contribution is 8.26. The number of nitro groups is 1. The molecule has 9 heteroatoms. The van der Waals surface area contributed by atoms with E-state index in [0.29, 0.717) is 33.2 Å². The highest BCUT2D eigenvalue weighted by atomic mass is 32.2. The van der Waals surface area contributed by atoms with Crippen molar-refractivity contribution in [3.63, 3.8) is 0 Å². The summed E-state index contributed by atoms with van der Waals surface area (Å²) in [5.74, 6) is 0.746. The molecule has 0 aromatic heterocycles. The Morgan fingerprint density at radius 3 is 2.64 bits per heavy atom. The average molecular weight is 382 g/mol. The van der Waals surface area contributed by atoms with Crippen molar-refractivity contribution >= 4 is 46.0 Å². The number of carbonyl (C=O) groups excluding carboxylic acids is 1. The fourth-order valence-corrected chi connectivity index (χ4v) is 3.11. The zero-order valence-electron chi connectivity index (χ0n) is 14.0. The van der Waals surface area contributed by atoms with E-state index in [1.54, 1.807) is 0 Å². The number of thioether (sulfide) groups is 1. The van der Waals surface area contributed by atoms with E-state index in [1.165, 1.54) is 25.3 Å². The maximum Gasteiger partial charge on any atom is 0.280 e. The predicted octanol–water partition coefficient (Wildman–Crippen LogP) is 3.52. The summed E-state index contributed by atoms with van der Waals surface area (Å²) >= 11 is 5.98. The van der Waals surface area contributed by atoms with Crippen molar-refractivity contribution in [1.29, 1.82) is 0 Å². The van der Waals surface area contributed by atoms with Crippen LogP contribution in [0.25, 0.3) is 6.08 Å². The van der Waals surface area contributed by atoms with Gasteiger partial charge < -0.3 is 14.8 Å². The molecule has 1 fully saturated rings. The number of amides is 1. The number of carbonyl (C=O) groups is 1. The van der Waals surface area contributed by atoms with Gasteiger partial charge in [-0.3, -0.25) is 14.9 Å². The second-order valence-corrected chi connectivity index (χ2v) is 7.42. The maximum absolute atomic E-state index is 11.8. The van der Waals surface area contributed by atoms with E-state index in [0.717, 1.165) is 18.2 Å². The molecular weight excluding hydrogens is 364 g/mol. The third-order valence-electron chi connectivity index (χ3n) is 3.39. The van der Waals surface area contributed by atoms with E-state index in [-0.39, 0.29) is 17.2 Å². The van der Waals surface area contributed by atoms with E-state index in [2.05, 4.69) is 19.2 Å². The first-order valence-corrected chi connectivity index (χ1v) is 8.78. The van der Waals surface area contributed by atoms with Crippen LogP contribution in [0.2, 0.25) is 0 Å². The van der Waals surface area contributed by atoms with Gasteiger partial charge in [-0.15, -0.1) is 0 Å². The van der Waals surface area contributed by atoms with Gasteiger partial charge in [0.15, 0.2) is 11.5 Å². The molecular formula is C16H18N2O5S2. The number of hydrogen-bond acceptors (Lipinski definition) is 7. The molecule has 25 heavy (non-hydrogen) atoms. The van der Waals surface area contributed by atoms with E-state index < -0.39 is 4.92 Å². The monoisotopic (exact) mass is 382 g/mol. The van der Waals surface area contributed by atoms with Crippen LogP contribution in [0, 0.1) is 16.0 Å². The van der Waals surface area contributed by atoms with E-state index in [9.17, 15) is 14.9 Å². The molecule has 1 saturated heterocycles. The normalized spacial score (nSPS) is 15.6. The van der Waals surface area contributed by atoms with E-state index >= 15 is 0 Å². The molecule has 1 aromatic carbocycles. The second kappa shape index (κ2) is 8.30. The predicted molar refractivity (Wildman–Crippen MR) is 101 cm³/mol. The minimum Gasteiger partial charge on any atom is -0.493 e. The molecule has 0 saturated carbocycles. The third-order valence-corrected chi connectivity index (χ3v) is 4.55. The summed E-state index contributed by atoms with van der Waals surface area (Å²) in [7, 11) is 1.46. The molecule has 1 heterocycles. The number of methoxy groups -OCH3 is 1. The molecule has 1 amide bonds. The molecule has 134 valence electrons. The summed E-state index contributed by atoms with van der Waals surface area (Å²) in [4.78, 5) is 23.0. The molecule has 0 spiro atoms. The molecule has 1 aliphatic rings. The Labute approximate surface area is 154 Å². The van der Waals surface area contributed by atoms with Crippen molar-refractivity contribution in [2.24, 2.45) is 5.92 Å². The standard InChI is InChI=1S/C16H18N2O5S2/c1-9(2)4-5-23-13-8-11(18(20)21)10(6-12(13)22-3)7-14-15(19)17-16(24)25-14/h6-9H,4-5H2,1-3H3,(H,17,19,24)/b14-7+. The first kappa shape index (κ1) is 19.2. The van der Waals surface area contributed by atoms with Crippen molar-refractivity contribution in [3.8, 4) is 11.5 Å². The van der Waals surface area contributed by atoms with Gasteiger partial charge in [-0.1, -0.05) is 37.8 Å². The lowest BCUT2D eigenvalue weighted by Gasteiger charge is -2.13. The SMILES string of the molecule is COc1cc(/C=C2/SC(=S)NC2=O)c([N+](=O)[O-])cc1OCCC(C)C. The van der Waals surface area contributed by atoms with Gasteiger partial charge in [-0.2, -0.15) is 0 Å². The minimum atomic E-state index is -0.517.